The second-order valence-electron chi connectivity index (χ2n) is 19.9. The topological polar surface area (TPSA) is 78.9 Å². The van der Waals surface area contributed by atoms with Crippen LogP contribution in [0.4, 0.5) is 0 Å². The van der Waals surface area contributed by atoms with Gasteiger partial charge >= 0.3 is 17.9 Å². The maximum absolute atomic E-state index is 12.9. The smallest absolute Gasteiger partial charge is 0.306 e. The van der Waals surface area contributed by atoms with E-state index in [1.165, 1.54) is 154 Å². The van der Waals surface area contributed by atoms with Gasteiger partial charge in [0.25, 0.3) is 0 Å². The number of hydrogen-bond acceptors (Lipinski definition) is 6. The van der Waals surface area contributed by atoms with E-state index in [-0.39, 0.29) is 31.1 Å². The number of rotatable bonds is 54. The Kier molecular flexibility index (Phi) is 55.8. The highest BCUT2D eigenvalue weighted by Crippen LogP contribution is 2.16. The molecule has 0 bridgehead atoms. The Labute approximate surface area is 433 Å². The fraction of sp³-hybridized carbons (Fsp3) is 0.766. The van der Waals surface area contributed by atoms with Gasteiger partial charge in [0.2, 0.25) is 0 Å². The highest BCUT2D eigenvalue weighted by Gasteiger charge is 2.19. The van der Waals surface area contributed by atoms with Crippen molar-refractivity contribution in [2.75, 3.05) is 13.2 Å². The van der Waals surface area contributed by atoms with Crippen LogP contribution in [0.3, 0.4) is 0 Å². The Bertz CT molecular complexity index is 1310. The zero-order valence-corrected chi connectivity index (χ0v) is 46.3. The van der Waals surface area contributed by atoms with E-state index >= 15 is 0 Å². The summed E-state index contributed by atoms with van der Waals surface area (Å²) in [6.45, 7) is 6.50. The van der Waals surface area contributed by atoms with Crippen LogP contribution < -0.4 is 0 Å². The second kappa shape index (κ2) is 58.4. The predicted octanol–water partition coefficient (Wildman–Crippen LogP) is 20.2. The summed E-state index contributed by atoms with van der Waals surface area (Å²) in [6.07, 6.45) is 74.7. The predicted molar refractivity (Wildman–Crippen MR) is 302 cm³/mol. The van der Waals surface area contributed by atoms with Crippen LogP contribution in [-0.4, -0.2) is 37.2 Å². The van der Waals surface area contributed by atoms with E-state index < -0.39 is 6.10 Å². The minimum absolute atomic E-state index is 0.0865. The van der Waals surface area contributed by atoms with Gasteiger partial charge in [-0.25, -0.2) is 0 Å². The van der Waals surface area contributed by atoms with Crippen LogP contribution in [0.25, 0.3) is 0 Å². The standard InChI is InChI=1S/C64H112O6/c1-4-7-10-13-16-19-22-25-28-31-32-34-36-39-42-45-48-51-54-57-63(66)69-60-61(59-68-62(65)56-53-50-47-44-41-38-35-30-27-24-21-18-15-12-9-6-3)70-64(67)58-55-52-49-46-43-40-37-33-29-26-23-20-17-14-11-8-5-2/h9,12,17-18,20-21,26-27,29-30,38,41,61H,4-8,10-11,13-16,19,22-25,28,31-37,39-40,42-60H2,1-3H3/b12-9-,20-17-,21-18-,29-26-,30-27-,41-38-. The number of unbranched alkanes of at least 4 members (excludes halogenated alkanes) is 31. The third-order valence-corrected chi connectivity index (χ3v) is 12.9. The van der Waals surface area contributed by atoms with E-state index in [9.17, 15) is 14.4 Å². The van der Waals surface area contributed by atoms with Gasteiger partial charge in [-0.1, -0.05) is 261 Å². The molecule has 6 nitrogen and oxygen atoms in total. The molecule has 6 heteroatoms. The van der Waals surface area contributed by atoms with Crippen molar-refractivity contribution in [2.45, 2.75) is 303 Å². The van der Waals surface area contributed by atoms with Gasteiger partial charge in [-0.15, -0.1) is 0 Å². The number of hydrogen-bond donors (Lipinski definition) is 0. The molecular formula is C64H112O6. The molecule has 0 aromatic rings. The zero-order valence-electron chi connectivity index (χ0n) is 46.3. The summed E-state index contributed by atoms with van der Waals surface area (Å²) in [7, 11) is 0. The largest absolute Gasteiger partial charge is 0.462 e. The number of allylic oxidation sites excluding steroid dienone is 12. The summed E-state index contributed by atoms with van der Waals surface area (Å²) in [5.41, 5.74) is 0. The normalized spacial score (nSPS) is 12.6. The molecular weight excluding hydrogens is 865 g/mol. The SMILES string of the molecule is CC/C=C\C/C=C\C/C=C\C/C=C\CCCCCC(=O)OCC(COC(=O)CCCCCCCCCCCCCCCCCCCCC)OC(=O)CCCCCCCCC/C=C\C/C=C\CCCCC. The van der Waals surface area contributed by atoms with Crippen LogP contribution >= 0.6 is 0 Å². The van der Waals surface area contributed by atoms with Crippen LogP contribution in [0, 0.1) is 0 Å². The fourth-order valence-corrected chi connectivity index (χ4v) is 8.47. The Hall–Kier alpha value is -3.15. The van der Waals surface area contributed by atoms with E-state index in [1.807, 2.05) is 0 Å². The molecule has 0 saturated carbocycles. The zero-order chi connectivity index (χ0) is 50.7. The summed E-state index contributed by atoms with van der Waals surface area (Å²) < 4.78 is 16.9. The molecule has 1 unspecified atom stereocenters. The van der Waals surface area contributed by atoms with Crippen molar-refractivity contribution >= 4 is 17.9 Å². The average Bonchev–Trinajstić information content (AvgIpc) is 3.36. The first-order valence-corrected chi connectivity index (χ1v) is 29.9. The van der Waals surface area contributed by atoms with Crippen molar-refractivity contribution in [2.24, 2.45) is 0 Å². The van der Waals surface area contributed by atoms with Gasteiger partial charge in [0, 0.05) is 19.3 Å². The summed E-state index contributed by atoms with van der Waals surface area (Å²) >= 11 is 0. The quantitative estimate of drug-likeness (QED) is 0.0261. The highest BCUT2D eigenvalue weighted by molar-refractivity contribution is 5.71. The van der Waals surface area contributed by atoms with Crippen LogP contribution in [0.5, 0.6) is 0 Å². The van der Waals surface area contributed by atoms with Gasteiger partial charge in [0.15, 0.2) is 6.10 Å². The molecule has 0 aliphatic heterocycles. The maximum Gasteiger partial charge on any atom is 0.306 e. The van der Waals surface area contributed by atoms with Crippen molar-refractivity contribution < 1.29 is 28.6 Å². The number of carbonyl (C=O) groups excluding carboxylic acids is 3. The summed E-state index contributed by atoms with van der Waals surface area (Å²) in [5.74, 6) is -0.915. The van der Waals surface area contributed by atoms with Gasteiger partial charge < -0.3 is 14.2 Å². The van der Waals surface area contributed by atoms with E-state index in [4.69, 9.17) is 14.2 Å². The van der Waals surface area contributed by atoms with Gasteiger partial charge in [-0.05, 0) is 89.9 Å². The second-order valence-corrected chi connectivity index (χ2v) is 19.9. The molecule has 0 aliphatic carbocycles. The number of carbonyl (C=O) groups is 3. The summed E-state index contributed by atoms with van der Waals surface area (Å²) in [5, 5.41) is 0. The first-order valence-electron chi connectivity index (χ1n) is 29.9. The lowest BCUT2D eigenvalue weighted by Gasteiger charge is -2.18. The van der Waals surface area contributed by atoms with Gasteiger partial charge in [0.05, 0.1) is 0 Å². The minimum Gasteiger partial charge on any atom is -0.462 e. The Balaban J connectivity index is 4.40. The van der Waals surface area contributed by atoms with E-state index in [0.717, 1.165) is 103 Å². The molecule has 0 radical (unpaired) electrons. The molecule has 0 spiro atoms. The van der Waals surface area contributed by atoms with Gasteiger partial charge in [-0.2, -0.15) is 0 Å². The number of ether oxygens (including phenoxy) is 3. The molecule has 0 rings (SSSR count). The molecule has 70 heavy (non-hydrogen) atoms. The van der Waals surface area contributed by atoms with Crippen molar-refractivity contribution in [1.29, 1.82) is 0 Å². The van der Waals surface area contributed by atoms with E-state index in [1.54, 1.807) is 0 Å². The third-order valence-electron chi connectivity index (χ3n) is 12.9. The molecule has 0 aromatic carbocycles. The van der Waals surface area contributed by atoms with Crippen molar-refractivity contribution in [3.63, 3.8) is 0 Å². The first-order chi connectivity index (χ1) is 34.5. The molecule has 404 valence electrons. The molecule has 0 aliphatic rings. The monoisotopic (exact) mass is 977 g/mol. The average molecular weight is 978 g/mol. The van der Waals surface area contributed by atoms with Crippen molar-refractivity contribution in [1.82, 2.24) is 0 Å². The Morgan fingerprint density at radius 2 is 0.557 bits per heavy atom. The number of esters is 3. The lowest BCUT2D eigenvalue weighted by atomic mass is 10.0. The maximum atomic E-state index is 12.9. The van der Waals surface area contributed by atoms with E-state index in [2.05, 4.69) is 93.7 Å². The lowest BCUT2D eigenvalue weighted by Crippen LogP contribution is -2.30. The van der Waals surface area contributed by atoms with Crippen LogP contribution in [0.2, 0.25) is 0 Å². The minimum atomic E-state index is -0.792. The molecule has 0 heterocycles. The van der Waals surface area contributed by atoms with Crippen molar-refractivity contribution in [3.05, 3.63) is 72.9 Å². The molecule has 0 aromatic heterocycles. The third kappa shape index (κ3) is 55.8. The highest BCUT2D eigenvalue weighted by atomic mass is 16.6. The van der Waals surface area contributed by atoms with Gasteiger partial charge in [-0.3, -0.25) is 14.4 Å². The van der Waals surface area contributed by atoms with Crippen molar-refractivity contribution in [3.8, 4) is 0 Å². The molecule has 0 amide bonds. The molecule has 1 atom stereocenters. The van der Waals surface area contributed by atoms with Crippen LogP contribution in [-0.2, 0) is 28.6 Å². The molecule has 0 saturated heterocycles. The summed E-state index contributed by atoms with van der Waals surface area (Å²) in [4.78, 5) is 38.2. The van der Waals surface area contributed by atoms with Crippen LogP contribution in [0.15, 0.2) is 72.9 Å². The van der Waals surface area contributed by atoms with Crippen LogP contribution in [0.1, 0.15) is 297 Å². The Morgan fingerprint density at radius 1 is 0.300 bits per heavy atom. The van der Waals surface area contributed by atoms with E-state index in [0.29, 0.717) is 19.3 Å². The Morgan fingerprint density at radius 3 is 0.914 bits per heavy atom. The molecule has 0 fully saturated rings. The summed E-state index contributed by atoms with van der Waals surface area (Å²) in [6, 6.07) is 0. The lowest BCUT2D eigenvalue weighted by molar-refractivity contribution is -0.167. The first kappa shape index (κ1) is 66.9. The van der Waals surface area contributed by atoms with Gasteiger partial charge in [0.1, 0.15) is 13.2 Å². The molecule has 0 N–H and O–H groups in total. The fourth-order valence-electron chi connectivity index (χ4n) is 8.47.